The van der Waals surface area contributed by atoms with Crippen molar-refractivity contribution >= 4 is 11.4 Å². The normalized spacial score (nSPS) is 17.4. The standard InChI is InChI=1S/C17H15FN2/c1-12-8-14-4-2-3-5-16(14)20(11-12)17-7-6-13(10-19)9-15(17)18/h2-7,9,12H,8,11H2,1H3. The predicted octanol–water partition coefficient (Wildman–Crippen LogP) is 4.03. The molecule has 20 heavy (non-hydrogen) atoms. The van der Waals surface area contributed by atoms with Gasteiger partial charge in [0.15, 0.2) is 0 Å². The van der Waals surface area contributed by atoms with Crippen molar-refractivity contribution in [2.75, 3.05) is 11.4 Å². The highest BCUT2D eigenvalue weighted by Crippen LogP contribution is 2.36. The van der Waals surface area contributed by atoms with Crippen LogP contribution in [0.4, 0.5) is 15.8 Å². The van der Waals surface area contributed by atoms with Crippen LogP contribution in [0.2, 0.25) is 0 Å². The first-order valence-corrected chi connectivity index (χ1v) is 6.74. The van der Waals surface area contributed by atoms with E-state index in [0.717, 1.165) is 18.7 Å². The highest BCUT2D eigenvalue weighted by Gasteiger charge is 2.24. The second kappa shape index (κ2) is 4.97. The van der Waals surface area contributed by atoms with Crippen LogP contribution in [0.3, 0.4) is 0 Å². The summed E-state index contributed by atoms with van der Waals surface area (Å²) in [6, 6.07) is 14.8. The van der Waals surface area contributed by atoms with Gasteiger partial charge in [-0.2, -0.15) is 5.26 Å². The van der Waals surface area contributed by atoms with Crippen LogP contribution in [0.15, 0.2) is 42.5 Å². The molecule has 0 saturated heterocycles. The summed E-state index contributed by atoms with van der Waals surface area (Å²) in [5.41, 5.74) is 3.21. The third kappa shape index (κ3) is 2.14. The van der Waals surface area contributed by atoms with Gasteiger partial charge in [-0.05, 0) is 42.2 Å². The summed E-state index contributed by atoms with van der Waals surface area (Å²) in [5, 5.41) is 8.83. The van der Waals surface area contributed by atoms with E-state index in [1.54, 1.807) is 12.1 Å². The molecule has 1 aliphatic rings. The molecule has 100 valence electrons. The minimum Gasteiger partial charge on any atom is -0.339 e. The molecule has 0 amide bonds. The largest absolute Gasteiger partial charge is 0.339 e. The Bertz CT molecular complexity index is 688. The van der Waals surface area contributed by atoms with Crippen LogP contribution in [0, 0.1) is 23.1 Å². The highest BCUT2D eigenvalue weighted by atomic mass is 19.1. The molecule has 3 rings (SSSR count). The molecule has 0 fully saturated rings. The summed E-state index contributed by atoms with van der Waals surface area (Å²) >= 11 is 0. The van der Waals surface area contributed by atoms with E-state index in [1.165, 1.54) is 11.6 Å². The van der Waals surface area contributed by atoms with Crippen molar-refractivity contribution < 1.29 is 4.39 Å². The van der Waals surface area contributed by atoms with Crippen LogP contribution >= 0.6 is 0 Å². The fraction of sp³-hybridized carbons (Fsp3) is 0.235. The van der Waals surface area contributed by atoms with E-state index in [0.29, 0.717) is 17.2 Å². The van der Waals surface area contributed by atoms with Crippen molar-refractivity contribution in [3.63, 3.8) is 0 Å². The molecule has 2 aromatic carbocycles. The maximum absolute atomic E-state index is 14.2. The van der Waals surface area contributed by atoms with Crippen LogP contribution in [0.5, 0.6) is 0 Å². The van der Waals surface area contributed by atoms with Crippen molar-refractivity contribution in [2.45, 2.75) is 13.3 Å². The summed E-state index contributed by atoms with van der Waals surface area (Å²) in [6.45, 7) is 2.96. The molecule has 0 bridgehead atoms. The van der Waals surface area contributed by atoms with Crippen molar-refractivity contribution in [1.82, 2.24) is 0 Å². The monoisotopic (exact) mass is 266 g/mol. The Balaban J connectivity index is 2.09. The van der Waals surface area contributed by atoms with E-state index < -0.39 is 0 Å². The van der Waals surface area contributed by atoms with E-state index in [2.05, 4.69) is 13.0 Å². The number of para-hydroxylation sites is 1. The van der Waals surface area contributed by atoms with Gasteiger partial charge in [-0.1, -0.05) is 25.1 Å². The lowest BCUT2D eigenvalue weighted by atomic mass is 9.93. The first-order valence-electron chi connectivity index (χ1n) is 6.74. The fourth-order valence-electron chi connectivity index (χ4n) is 2.82. The fourth-order valence-corrected chi connectivity index (χ4v) is 2.82. The van der Waals surface area contributed by atoms with Crippen molar-refractivity contribution in [3.8, 4) is 6.07 Å². The zero-order valence-electron chi connectivity index (χ0n) is 11.3. The van der Waals surface area contributed by atoms with Gasteiger partial charge in [0.05, 0.1) is 17.3 Å². The third-order valence-electron chi connectivity index (χ3n) is 3.71. The maximum Gasteiger partial charge on any atom is 0.148 e. The van der Waals surface area contributed by atoms with Gasteiger partial charge in [0.2, 0.25) is 0 Å². The van der Waals surface area contributed by atoms with Gasteiger partial charge in [-0.3, -0.25) is 0 Å². The Labute approximate surface area is 118 Å². The number of hydrogen-bond donors (Lipinski definition) is 0. The second-order valence-corrected chi connectivity index (χ2v) is 5.33. The molecule has 1 unspecified atom stereocenters. The molecular formula is C17H15FN2. The van der Waals surface area contributed by atoms with Crippen LogP contribution in [-0.2, 0) is 6.42 Å². The van der Waals surface area contributed by atoms with Crippen LogP contribution in [0.1, 0.15) is 18.1 Å². The summed E-state index contributed by atoms with van der Waals surface area (Å²) in [6.07, 6.45) is 1.02. The molecule has 0 aromatic heterocycles. The number of nitrogens with zero attached hydrogens (tertiary/aromatic N) is 2. The van der Waals surface area contributed by atoms with Gasteiger partial charge in [-0.25, -0.2) is 4.39 Å². The minimum absolute atomic E-state index is 0.340. The molecule has 1 heterocycles. The smallest absolute Gasteiger partial charge is 0.148 e. The van der Waals surface area contributed by atoms with Crippen molar-refractivity contribution in [2.24, 2.45) is 5.92 Å². The second-order valence-electron chi connectivity index (χ2n) is 5.33. The quantitative estimate of drug-likeness (QED) is 0.779. The molecule has 0 aliphatic carbocycles. The van der Waals surface area contributed by atoms with Crippen LogP contribution in [0.25, 0.3) is 0 Å². The van der Waals surface area contributed by atoms with Gasteiger partial charge in [0, 0.05) is 12.2 Å². The number of anilines is 2. The Morgan fingerprint density at radius 3 is 2.75 bits per heavy atom. The predicted molar refractivity (Wildman–Crippen MR) is 77.4 cm³/mol. The summed E-state index contributed by atoms with van der Waals surface area (Å²) in [4.78, 5) is 2.01. The molecule has 0 N–H and O–H groups in total. The van der Waals surface area contributed by atoms with Crippen molar-refractivity contribution in [1.29, 1.82) is 5.26 Å². The molecular weight excluding hydrogens is 251 g/mol. The van der Waals surface area contributed by atoms with Gasteiger partial charge in [0.1, 0.15) is 5.82 Å². The lowest BCUT2D eigenvalue weighted by Gasteiger charge is -2.35. The third-order valence-corrected chi connectivity index (χ3v) is 3.71. The van der Waals surface area contributed by atoms with Crippen LogP contribution < -0.4 is 4.90 Å². The number of nitriles is 1. The Hall–Kier alpha value is -2.34. The SMILES string of the molecule is CC1Cc2ccccc2N(c2ccc(C#N)cc2F)C1. The van der Waals surface area contributed by atoms with Gasteiger partial charge in [-0.15, -0.1) is 0 Å². The Kier molecular flexibility index (Phi) is 3.15. The summed E-state index contributed by atoms with van der Waals surface area (Å²) in [7, 11) is 0. The summed E-state index contributed by atoms with van der Waals surface area (Å²) in [5.74, 6) is 0.132. The van der Waals surface area contributed by atoms with Gasteiger partial charge >= 0.3 is 0 Å². The van der Waals surface area contributed by atoms with Crippen LogP contribution in [-0.4, -0.2) is 6.54 Å². The number of hydrogen-bond acceptors (Lipinski definition) is 2. The Morgan fingerprint density at radius 1 is 1.20 bits per heavy atom. The zero-order valence-corrected chi connectivity index (χ0v) is 11.3. The number of rotatable bonds is 1. The molecule has 0 spiro atoms. The summed E-state index contributed by atoms with van der Waals surface area (Å²) < 4.78 is 14.2. The van der Waals surface area contributed by atoms with Gasteiger partial charge in [0.25, 0.3) is 0 Å². The zero-order chi connectivity index (χ0) is 14.1. The number of halogens is 1. The van der Waals surface area contributed by atoms with Crippen molar-refractivity contribution in [3.05, 3.63) is 59.4 Å². The lowest BCUT2D eigenvalue weighted by molar-refractivity contribution is 0.552. The maximum atomic E-state index is 14.2. The average Bonchev–Trinajstić information content (AvgIpc) is 2.46. The van der Waals surface area contributed by atoms with Gasteiger partial charge < -0.3 is 4.90 Å². The highest BCUT2D eigenvalue weighted by molar-refractivity contribution is 5.69. The molecule has 0 radical (unpaired) electrons. The number of benzene rings is 2. The topological polar surface area (TPSA) is 27.0 Å². The molecule has 3 heteroatoms. The van der Waals surface area contributed by atoms with E-state index >= 15 is 0 Å². The molecule has 1 aliphatic heterocycles. The van der Waals surface area contributed by atoms with E-state index in [4.69, 9.17) is 5.26 Å². The molecule has 2 nitrogen and oxygen atoms in total. The average molecular weight is 266 g/mol. The molecule has 2 aromatic rings. The first kappa shape index (κ1) is 12.7. The minimum atomic E-state index is -0.340. The van der Waals surface area contributed by atoms with E-state index in [9.17, 15) is 4.39 Å². The first-order chi connectivity index (χ1) is 9.69. The van der Waals surface area contributed by atoms with E-state index in [1.807, 2.05) is 29.2 Å². The molecule has 1 atom stereocenters. The lowest BCUT2D eigenvalue weighted by Crippen LogP contribution is -2.30. The van der Waals surface area contributed by atoms with E-state index in [-0.39, 0.29) is 5.82 Å². The molecule has 0 saturated carbocycles. The Morgan fingerprint density at radius 2 is 2.00 bits per heavy atom. The number of fused-ring (bicyclic) bond motifs is 1.